The molecule has 0 unspecified atom stereocenters. The zero-order chi connectivity index (χ0) is 16.4. The Hall–Kier alpha value is -2.39. The Morgan fingerprint density at radius 1 is 1.09 bits per heavy atom. The lowest BCUT2D eigenvalue weighted by atomic mass is 10.0. The molecule has 0 spiro atoms. The highest BCUT2D eigenvalue weighted by atomic mass is 35.5. The lowest BCUT2D eigenvalue weighted by molar-refractivity contribution is 0.108. The van der Waals surface area contributed by atoms with E-state index in [1.165, 1.54) is 0 Å². The molecule has 0 amide bonds. The van der Waals surface area contributed by atoms with Gasteiger partial charge in [0.25, 0.3) is 5.24 Å². The van der Waals surface area contributed by atoms with Crippen LogP contribution in [0.1, 0.15) is 24.2 Å². The number of para-hydroxylation sites is 2. The molecule has 0 atom stereocenters. The van der Waals surface area contributed by atoms with Crippen molar-refractivity contribution in [3.8, 4) is 17.0 Å². The average molecular weight is 326 g/mol. The van der Waals surface area contributed by atoms with E-state index in [1.807, 2.05) is 62.4 Å². The van der Waals surface area contributed by atoms with Crippen molar-refractivity contribution >= 4 is 27.7 Å². The maximum atomic E-state index is 11.8. The standard InChI is InChI=1S/C19H16ClNO2/c1-12(2)23-18-10-6-4-8-14(18)17-11-15(19(20)22)13-7-3-5-9-16(13)21-17/h3-12H,1-2H3. The first-order chi connectivity index (χ1) is 11.1. The molecule has 0 saturated carbocycles. The Labute approximate surface area is 139 Å². The second kappa shape index (κ2) is 6.39. The summed E-state index contributed by atoms with van der Waals surface area (Å²) in [5, 5.41) is 0.255. The summed E-state index contributed by atoms with van der Waals surface area (Å²) < 4.78 is 5.85. The monoisotopic (exact) mass is 325 g/mol. The molecule has 0 N–H and O–H groups in total. The molecule has 2 aromatic carbocycles. The fourth-order valence-corrected chi connectivity index (χ4v) is 2.67. The normalized spacial score (nSPS) is 11.0. The molecule has 3 nitrogen and oxygen atoms in total. The van der Waals surface area contributed by atoms with Crippen molar-refractivity contribution in [2.24, 2.45) is 0 Å². The largest absolute Gasteiger partial charge is 0.490 e. The van der Waals surface area contributed by atoms with Crippen molar-refractivity contribution in [3.63, 3.8) is 0 Å². The number of pyridine rings is 1. The number of ether oxygens (including phenoxy) is 1. The van der Waals surface area contributed by atoms with Gasteiger partial charge in [-0.3, -0.25) is 4.79 Å². The molecular weight excluding hydrogens is 310 g/mol. The molecule has 116 valence electrons. The Kier molecular flexibility index (Phi) is 4.30. The van der Waals surface area contributed by atoms with Crippen LogP contribution in [0.25, 0.3) is 22.2 Å². The van der Waals surface area contributed by atoms with Gasteiger partial charge in [0.05, 0.1) is 17.3 Å². The molecule has 0 radical (unpaired) electrons. The minimum Gasteiger partial charge on any atom is -0.490 e. The second-order valence-corrected chi connectivity index (χ2v) is 5.85. The van der Waals surface area contributed by atoms with Crippen LogP contribution in [0.3, 0.4) is 0 Å². The van der Waals surface area contributed by atoms with Crippen LogP contribution in [0.4, 0.5) is 0 Å². The van der Waals surface area contributed by atoms with E-state index in [0.29, 0.717) is 11.3 Å². The molecule has 0 saturated heterocycles. The highest BCUT2D eigenvalue weighted by Gasteiger charge is 2.14. The lowest BCUT2D eigenvalue weighted by Gasteiger charge is -2.14. The number of hydrogen-bond acceptors (Lipinski definition) is 3. The first-order valence-corrected chi connectivity index (χ1v) is 7.79. The van der Waals surface area contributed by atoms with Gasteiger partial charge in [-0.15, -0.1) is 0 Å². The van der Waals surface area contributed by atoms with Crippen LogP contribution >= 0.6 is 11.6 Å². The number of carbonyl (C=O) groups is 1. The van der Waals surface area contributed by atoms with Gasteiger partial charge >= 0.3 is 0 Å². The van der Waals surface area contributed by atoms with Crippen molar-refractivity contribution in [2.45, 2.75) is 20.0 Å². The predicted octanol–water partition coefficient (Wildman–Crippen LogP) is 5.07. The summed E-state index contributed by atoms with van der Waals surface area (Å²) in [6.07, 6.45) is 0.0470. The highest BCUT2D eigenvalue weighted by molar-refractivity contribution is 6.68. The average Bonchev–Trinajstić information content (AvgIpc) is 2.53. The lowest BCUT2D eigenvalue weighted by Crippen LogP contribution is -2.06. The van der Waals surface area contributed by atoms with Crippen molar-refractivity contribution in [3.05, 3.63) is 60.2 Å². The maximum Gasteiger partial charge on any atom is 0.253 e. The fraction of sp³-hybridized carbons (Fsp3) is 0.158. The molecule has 23 heavy (non-hydrogen) atoms. The second-order valence-electron chi connectivity index (χ2n) is 5.51. The Morgan fingerprint density at radius 2 is 1.78 bits per heavy atom. The number of fused-ring (bicyclic) bond motifs is 1. The SMILES string of the molecule is CC(C)Oc1ccccc1-c1cc(C(=O)Cl)c2ccccc2n1. The number of aromatic nitrogens is 1. The highest BCUT2D eigenvalue weighted by Crippen LogP contribution is 2.32. The van der Waals surface area contributed by atoms with Gasteiger partial charge in [-0.2, -0.15) is 0 Å². The molecule has 0 bridgehead atoms. The van der Waals surface area contributed by atoms with Gasteiger partial charge in [0, 0.05) is 16.5 Å². The molecule has 1 aromatic heterocycles. The van der Waals surface area contributed by atoms with E-state index in [4.69, 9.17) is 16.3 Å². The molecule has 1 heterocycles. The van der Waals surface area contributed by atoms with Crippen LogP contribution in [0.2, 0.25) is 0 Å². The smallest absolute Gasteiger partial charge is 0.253 e. The first-order valence-electron chi connectivity index (χ1n) is 7.42. The maximum absolute atomic E-state index is 11.8. The van der Waals surface area contributed by atoms with Crippen LogP contribution < -0.4 is 4.74 Å². The zero-order valence-electron chi connectivity index (χ0n) is 12.9. The van der Waals surface area contributed by atoms with Crippen molar-refractivity contribution in [1.82, 2.24) is 4.98 Å². The van der Waals surface area contributed by atoms with Crippen LogP contribution in [-0.4, -0.2) is 16.3 Å². The van der Waals surface area contributed by atoms with E-state index >= 15 is 0 Å². The van der Waals surface area contributed by atoms with E-state index < -0.39 is 5.24 Å². The minimum atomic E-state index is -0.493. The van der Waals surface area contributed by atoms with Crippen LogP contribution in [0.5, 0.6) is 5.75 Å². The Bertz CT molecular complexity index is 874. The van der Waals surface area contributed by atoms with Gasteiger partial charge in [-0.05, 0) is 49.7 Å². The van der Waals surface area contributed by atoms with E-state index in [1.54, 1.807) is 6.07 Å². The number of benzene rings is 2. The Balaban J connectivity index is 2.23. The van der Waals surface area contributed by atoms with Gasteiger partial charge in [-0.1, -0.05) is 30.3 Å². The topological polar surface area (TPSA) is 39.2 Å². The quantitative estimate of drug-likeness (QED) is 0.629. The van der Waals surface area contributed by atoms with Gasteiger partial charge < -0.3 is 4.74 Å². The molecule has 3 rings (SSSR count). The number of halogens is 1. The molecular formula is C19H16ClNO2. The van der Waals surface area contributed by atoms with Crippen molar-refractivity contribution < 1.29 is 9.53 Å². The summed E-state index contributed by atoms with van der Waals surface area (Å²) >= 11 is 5.77. The van der Waals surface area contributed by atoms with E-state index in [2.05, 4.69) is 4.98 Å². The predicted molar refractivity (Wildman–Crippen MR) is 93.1 cm³/mol. The number of rotatable bonds is 4. The van der Waals surface area contributed by atoms with Crippen molar-refractivity contribution in [1.29, 1.82) is 0 Å². The summed E-state index contributed by atoms with van der Waals surface area (Å²) in [6.45, 7) is 3.94. The van der Waals surface area contributed by atoms with Crippen LogP contribution in [0.15, 0.2) is 54.6 Å². The van der Waals surface area contributed by atoms with Gasteiger partial charge in [0.1, 0.15) is 5.75 Å². The Morgan fingerprint density at radius 3 is 2.52 bits per heavy atom. The van der Waals surface area contributed by atoms with Gasteiger partial charge in [0.15, 0.2) is 0 Å². The number of nitrogens with zero attached hydrogens (tertiary/aromatic N) is 1. The number of hydrogen-bond donors (Lipinski definition) is 0. The fourth-order valence-electron chi connectivity index (χ4n) is 2.51. The molecule has 4 heteroatoms. The molecule has 3 aromatic rings. The summed E-state index contributed by atoms with van der Waals surface area (Å²) in [6, 6.07) is 16.8. The first kappa shape index (κ1) is 15.5. The van der Waals surface area contributed by atoms with Crippen molar-refractivity contribution in [2.75, 3.05) is 0 Å². The van der Waals surface area contributed by atoms with Crippen LogP contribution in [-0.2, 0) is 0 Å². The zero-order valence-corrected chi connectivity index (χ0v) is 13.7. The summed E-state index contributed by atoms with van der Waals surface area (Å²) in [5.74, 6) is 0.734. The molecule has 0 aliphatic carbocycles. The van der Waals surface area contributed by atoms with E-state index in [-0.39, 0.29) is 6.10 Å². The summed E-state index contributed by atoms with van der Waals surface area (Å²) in [7, 11) is 0. The third-order valence-electron chi connectivity index (χ3n) is 3.45. The summed E-state index contributed by atoms with van der Waals surface area (Å²) in [4.78, 5) is 16.5. The number of carbonyl (C=O) groups excluding carboxylic acids is 1. The van der Waals surface area contributed by atoms with Gasteiger partial charge in [-0.25, -0.2) is 4.98 Å². The summed E-state index contributed by atoms with van der Waals surface area (Å²) in [5.41, 5.74) is 2.69. The molecule has 0 fully saturated rings. The molecule has 0 aliphatic heterocycles. The third kappa shape index (κ3) is 3.20. The van der Waals surface area contributed by atoms with E-state index in [0.717, 1.165) is 22.2 Å². The minimum absolute atomic E-state index is 0.0470. The van der Waals surface area contributed by atoms with Crippen LogP contribution in [0, 0.1) is 0 Å². The van der Waals surface area contributed by atoms with Gasteiger partial charge in [0.2, 0.25) is 0 Å². The molecule has 0 aliphatic rings. The third-order valence-corrected chi connectivity index (χ3v) is 3.66. The van der Waals surface area contributed by atoms with E-state index in [9.17, 15) is 4.79 Å².